The highest BCUT2D eigenvalue weighted by molar-refractivity contribution is 7.93. The summed E-state index contributed by atoms with van der Waals surface area (Å²) in [6.45, 7) is 6.09. The Morgan fingerprint density at radius 2 is 1.61 bits per heavy atom. The lowest BCUT2D eigenvalue weighted by Gasteiger charge is -2.24. The number of fused-ring (bicyclic) bond motifs is 3. The summed E-state index contributed by atoms with van der Waals surface area (Å²) in [6, 6.07) is 16.3. The summed E-state index contributed by atoms with van der Waals surface area (Å²) in [7, 11) is -4.34. The van der Waals surface area contributed by atoms with Gasteiger partial charge in [0.25, 0.3) is 21.6 Å². The summed E-state index contributed by atoms with van der Waals surface area (Å²) < 4.78 is 34.8. The van der Waals surface area contributed by atoms with Gasteiger partial charge in [0.05, 0.1) is 15.5 Å². The Morgan fingerprint density at radius 1 is 0.947 bits per heavy atom. The number of nitrogens with zero attached hydrogens (tertiary/aromatic N) is 2. The van der Waals surface area contributed by atoms with Crippen LogP contribution in [-0.4, -0.2) is 19.2 Å². The number of carbonyl (C=O) groups is 1. The zero-order valence-electron chi connectivity index (χ0n) is 21.4. The van der Waals surface area contributed by atoms with Crippen LogP contribution in [0.3, 0.4) is 0 Å². The maximum Gasteiger partial charge on any atom is 0.272 e. The molecule has 4 aromatic rings. The normalized spacial score (nSPS) is 13.8. The van der Waals surface area contributed by atoms with Crippen molar-refractivity contribution in [3.05, 3.63) is 99.3 Å². The van der Waals surface area contributed by atoms with Crippen molar-refractivity contribution in [3.8, 4) is 0 Å². The van der Waals surface area contributed by atoms with Crippen LogP contribution < -0.4 is 4.31 Å². The van der Waals surface area contributed by atoms with Crippen molar-refractivity contribution >= 4 is 38.3 Å². The van der Waals surface area contributed by atoms with Crippen LogP contribution in [0, 0.1) is 10.1 Å². The summed E-state index contributed by atoms with van der Waals surface area (Å²) >= 11 is 0. The van der Waals surface area contributed by atoms with Gasteiger partial charge in [-0.3, -0.25) is 14.9 Å². The molecule has 196 valence electrons. The molecule has 0 saturated heterocycles. The van der Waals surface area contributed by atoms with Crippen molar-refractivity contribution in [2.45, 2.75) is 56.8 Å². The summed E-state index contributed by atoms with van der Waals surface area (Å²) in [5.41, 5.74) is 2.46. The molecule has 0 saturated carbocycles. The number of hydrogen-bond acceptors (Lipinski definition) is 6. The number of sulfonamides is 1. The zero-order valence-corrected chi connectivity index (χ0v) is 22.2. The van der Waals surface area contributed by atoms with Crippen LogP contribution in [0.15, 0.2) is 76.0 Å². The van der Waals surface area contributed by atoms with Crippen LogP contribution in [0.2, 0.25) is 0 Å². The van der Waals surface area contributed by atoms with E-state index >= 15 is 0 Å². The molecule has 0 N–H and O–H groups in total. The van der Waals surface area contributed by atoms with Gasteiger partial charge in [0.15, 0.2) is 0 Å². The van der Waals surface area contributed by atoms with Crippen molar-refractivity contribution in [3.63, 3.8) is 0 Å². The number of rotatable bonds is 5. The highest BCUT2D eigenvalue weighted by atomic mass is 32.2. The molecule has 1 amide bonds. The van der Waals surface area contributed by atoms with E-state index in [1.165, 1.54) is 36.4 Å². The molecular formula is C29H28N2O6S. The fourth-order valence-electron chi connectivity index (χ4n) is 4.82. The molecule has 5 rings (SSSR count). The molecule has 0 spiro atoms. The Balaban J connectivity index is 1.65. The van der Waals surface area contributed by atoms with Crippen LogP contribution in [0.4, 0.5) is 11.4 Å². The molecular weight excluding hydrogens is 504 g/mol. The van der Waals surface area contributed by atoms with E-state index in [-0.39, 0.29) is 27.2 Å². The van der Waals surface area contributed by atoms with Crippen molar-refractivity contribution in [2.75, 3.05) is 4.31 Å². The Kier molecular flexibility index (Phi) is 6.35. The number of non-ortho nitro benzene ring substituents is 1. The third-order valence-corrected chi connectivity index (χ3v) is 8.67. The summed E-state index contributed by atoms with van der Waals surface area (Å²) in [5.74, 6) is 0.0915. The molecule has 38 heavy (non-hydrogen) atoms. The topological polar surface area (TPSA) is 111 Å². The zero-order chi connectivity index (χ0) is 27.2. The van der Waals surface area contributed by atoms with E-state index in [0.29, 0.717) is 5.58 Å². The molecule has 0 radical (unpaired) electrons. The molecule has 0 atom stereocenters. The van der Waals surface area contributed by atoms with E-state index in [4.69, 9.17) is 4.42 Å². The monoisotopic (exact) mass is 532 g/mol. The highest BCUT2D eigenvalue weighted by Crippen LogP contribution is 2.36. The average Bonchev–Trinajstić information content (AvgIpc) is 3.26. The second kappa shape index (κ2) is 9.40. The van der Waals surface area contributed by atoms with Gasteiger partial charge in [0, 0.05) is 35.1 Å². The number of aryl methyl sites for hydroxylation is 2. The van der Waals surface area contributed by atoms with Crippen molar-refractivity contribution in [1.29, 1.82) is 0 Å². The number of benzene rings is 3. The summed E-state index contributed by atoms with van der Waals surface area (Å²) in [6.07, 6.45) is 3.69. The van der Waals surface area contributed by atoms with Crippen LogP contribution in [0.5, 0.6) is 0 Å². The smallest absolute Gasteiger partial charge is 0.272 e. The second-order valence-corrected chi connectivity index (χ2v) is 12.3. The molecule has 9 heteroatoms. The maximum absolute atomic E-state index is 14.0. The molecule has 1 heterocycles. The van der Waals surface area contributed by atoms with E-state index < -0.39 is 20.9 Å². The lowest BCUT2D eigenvalue weighted by atomic mass is 9.87. The minimum Gasteiger partial charge on any atom is -0.461 e. The van der Waals surface area contributed by atoms with Crippen LogP contribution in [-0.2, 0) is 28.3 Å². The first-order valence-electron chi connectivity index (χ1n) is 12.5. The Morgan fingerprint density at radius 3 is 2.24 bits per heavy atom. The lowest BCUT2D eigenvalue weighted by molar-refractivity contribution is -0.384. The average molecular weight is 533 g/mol. The third kappa shape index (κ3) is 4.58. The molecule has 0 fully saturated rings. The maximum atomic E-state index is 14.0. The Bertz CT molecular complexity index is 1650. The molecule has 1 aromatic heterocycles. The first-order chi connectivity index (χ1) is 18.0. The first kappa shape index (κ1) is 25.7. The van der Waals surface area contributed by atoms with Gasteiger partial charge < -0.3 is 4.42 Å². The van der Waals surface area contributed by atoms with E-state index in [9.17, 15) is 23.3 Å². The van der Waals surface area contributed by atoms with Crippen LogP contribution >= 0.6 is 0 Å². The van der Waals surface area contributed by atoms with Gasteiger partial charge in [-0.05, 0) is 72.7 Å². The van der Waals surface area contributed by atoms with Gasteiger partial charge in [-0.25, -0.2) is 8.42 Å². The highest BCUT2D eigenvalue weighted by Gasteiger charge is 2.33. The number of carbonyl (C=O) groups excluding carboxylic acids is 1. The van der Waals surface area contributed by atoms with Crippen molar-refractivity contribution < 1.29 is 22.6 Å². The predicted octanol–water partition coefficient (Wildman–Crippen LogP) is 6.55. The predicted molar refractivity (Wildman–Crippen MR) is 145 cm³/mol. The SMILES string of the molecule is CC(C)(C)c1ccc(S(=O)(=O)N(C(=O)c2ccc([N+](=O)[O-])cc2)c2ccc3oc4c(c3c2)CCCC4)cc1. The van der Waals surface area contributed by atoms with Crippen molar-refractivity contribution in [2.24, 2.45) is 0 Å². The number of nitro benzene ring substituents is 1. The van der Waals surface area contributed by atoms with E-state index in [1.807, 2.05) is 20.8 Å². The molecule has 0 aliphatic heterocycles. The van der Waals surface area contributed by atoms with E-state index in [0.717, 1.165) is 52.3 Å². The molecule has 0 unspecified atom stereocenters. The summed E-state index contributed by atoms with van der Waals surface area (Å²) in [5, 5.41) is 11.9. The van der Waals surface area contributed by atoms with E-state index in [2.05, 4.69) is 0 Å². The number of amides is 1. The number of hydrogen-bond donors (Lipinski definition) is 0. The van der Waals surface area contributed by atoms with Crippen LogP contribution in [0.1, 0.15) is 60.9 Å². The molecule has 1 aliphatic rings. The first-order valence-corrected chi connectivity index (χ1v) is 13.9. The van der Waals surface area contributed by atoms with Gasteiger partial charge in [-0.1, -0.05) is 32.9 Å². The van der Waals surface area contributed by atoms with Gasteiger partial charge >= 0.3 is 0 Å². The van der Waals surface area contributed by atoms with Crippen molar-refractivity contribution in [1.82, 2.24) is 0 Å². The molecule has 0 bridgehead atoms. The largest absolute Gasteiger partial charge is 0.461 e. The minimum atomic E-state index is -4.34. The number of nitro groups is 1. The van der Waals surface area contributed by atoms with Crippen LogP contribution in [0.25, 0.3) is 11.0 Å². The lowest BCUT2D eigenvalue weighted by Crippen LogP contribution is -2.37. The third-order valence-electron chi connectivity index (χ3n) is 6.94. The Hall–Kier alpha value is -3.98. The summed E-state index contributed by atoms with van der Waals surface area (Å²) in [4.78, 5) is 24.3. The fourth-order valence-corrected chi connectivity index (χ4v) is 6.22. The van der Waals surface area contributed by atoms with Gasteiger partial charge in [-0.2, -0.15) is 4.31 Å². The standard InChI is InChI=1S/C29H28N2O6S/c1-29(2,3)20-10-15-23(16-11-20)38(35,36)30(28(32)19-8-12-21(13-9-19)31(33)34)22-14-17-27-25(18-22)24-6-4-5-7-26(24)37-27/h8-18H,4-7H2,1-3H3. The van der Waals surface area contributed by atoms with Gasteiger partial charge in [0.2, 0.25) is 0 Å². The van der Waals surface area contributed by atoms with Gasteiger partial charge in [0.1, 0.15) is 11.3 Å². The molecule has 8 nitrogen and oxygen atoms in total. The minimum absolute atomic E-state index is 0.0137. The quantitative estimate of drug-likeness (QED) is 0.213. The number of furan rings is 1. The van der Waals surface area contributed by atoms with E-state index in [1.54, 1.807) is 30.3 Å². The molecule has 3 aromatic carbocycles. The number of anilines is 1. The second-order valence-electron chi connectivity index (χ2n) is 10.5. The molecule has 1 aliphatic carbocycles. The Labute approximate surface area is 221 Å². The van der Waals surface area contributed by atoms with Gasteiger partial charge in [-0.15, -0.1) is 0 Å². The fraction of sp³-hybridized carbons (Fsp3) is 0.276.